The van der Waals surface area contributed by atoms with Crippen molar-refractivity contribution in [1.82, 2.24) is 4.90 Å². The van der Waals surface area contributed by atoms with Crippen molar-refractivity contribution >= 4 is 40.3 Å². The number of carbonyl (C=O) groups excluding carboxylic acids is 1. The van der Waals surface area contributed by atoms with Gasteiger partial charge in [0.1, 0.15) is 22.4 Å². The van der Waals surface area contributed by atoms with Crippen molar-refractivity contribution in [2.45, 2.75) is 19.5 Å². The van der Waals surface area contributed by atoms with Gasteiger partial charge in [-0.3, -0.25) is 0 Å². The number of hydrogen-bond acceptors (Lipinski definition) is 6. The van der Waals surface area contributed by atoms with E-state index < -0.39 is 5.97 Å². The highest BCUT2D eigenvalue weighted by molar-refractivity contribution is 8.26. The van der Waals surface area contributed by atoms with Crippen LogP contribution in [-0.4, -0.2) is 65.1 Å². The van der Waals surface area contributed by atoms with E-state index in [0.29, 0.717) is 5.76 Å². The Morgan fingerprint density at radius 3 is 2.33 bits per heavy atom. The standard InChI is InChI=1S/C23H19NO3S2.C5H14NO/c1-15-21(29-23(28)24(15)14-16-5-3-2-4-6-16)13-19-11-12-20(27-19)17-7-9-18(10-8-17)22(25)26;1-6(2,3)4-5-7/h2-13,15H,14H2,1H3,(H,25,26);7H,4-5H2,1-3H3/q;+1/p-1/b21-13-;. The molecule has 4 rings (SSSR count). The van der Waals surface area contributed by atoms with E-state index in [2.05, 4.69) is 45.1 Å². The summed E-state index contributed by atoms with van der Waals surface area (Å²) < 4.78 is 7.66. The molecule has 1 saturated heterocycles. The number of furan rings is 1. The number of nitrogens with zero attached hydrogens (tertiary/aromatic N) is 2. The predicted molar refractivity (Wildman–Crippen MR) is 148 cm³/mol. The number of likely N-dealkylation sites (N-methyl/N-ethyl adjacent to an activating group) is 1. The van der Waals surface area contributed by atoms with E-state index in [1.165, 1.54) is 17.7 Å². The average molecular weight is 525 g/mol. The lowest BCUT2D eigenvalue weighted by atomic mass is 10.1. The SMILES string of the molecule is CC1/C(=C/c2ccc(-c3ccc(C(=O)[O-])cc3)o2)SC(=S)N1Cc1ccccc1.C[N+](C)(C)CCO. The third kappa shape index (κ3) is 7.80. The number of carboxylic acid groups (broad SMARTS) is 1. The molecular formula is C28H32N2O4S2. The fourth-order valence-corrected chi connectivity index (χ4v) is 5.01. The number of carboxylic acids is 1. The average Bonchev–Trinajstić information content (AvgIpc) is 3.40. The highest BCUT2D eigenvalue weighted by Crippen LogP contribution is 2.38. The van der Waals surface area contributed by atoms with Gasteiger partial charge in [0.2, 0.25) is 0 Å². The Morgan fingerprint density at radius 2 is 1.78 bits per heavy atom. The quantitative estimate of drug-likeness (QED) is 0.366. The summed E-state index contributed by atoms with van der Waals surface area (Å²) >= 11 is 7.18. The highest BCUT2D eigenvalue weighted by atomic mass is 32.2. The van der Waals surface area contributed by atoms with E-state index in [9.17, 15) is 9.90 Å². The highest BCUT2D eigenvalue weighted by Gasteiger charge is 2.30. The molecule has 0 spiro atoms. The van der Waals surface area contributed by atoms with Crippen molar-refractivity contribution in [3.05, 3.63) is 88.5 Å². The van der Waals surface area contributed by atoms with E-state index in [0.717, 1.165) is 38.1 Å². The first-order chi connectivity index (χ1) is 17.1. The lowest BCUT2D eigenvalue weighted by Crippen LogP contribution is -2.36. The van der Waals surface area contributed by atoms with Crippen LogP contribution in [0.5, 0.6) is 0 Å². The number of hydrogen-bond donors (Lipinski definition) is 1. The number of rotatable bonds is 7. The van der Waals surface area contributed by atoms with Crippen LogP contribution in [0.4, 0.5) is 0 Å². The van der Waals surface area contributed by atoms with Crippen LogP contribution >= 0.6 is 24.0 Å². The first-order valence-corrected chi connectivity index (χ1v) is 12.9. The molecular weight excluding hydrogens is 492 g/mol. The molecule has 2 aromatic carbocycles. The minimum atomic E-state index is -1.19. The van der Waals surface area contributed by atoms with Gasteiger partial charge in [0.15, 0.2) is 0 Å². The summed E-state index contributed by atoms with van der Waals surface area (Å²) in [6, 6.07) is 20.7. The van der Waals surface area contributed by atoms with Gasteiger partial charge in [-0.2, -0.15) is 0 Å². The fraction of sp³-hybridized carbons (Fsp3) is 0.286. The summed E-state index contributed by atoms with van der Waals surface area (Å²) in [5.41, 5.74) is 2.18. The van der Waals surface area contributed by atoms with Gasteiger partial charge >= 0.3 is 0 Å². The smallest absolute Gasteiger partial charge is 0.141 e. The third-order valence-corrected chi connectivity index (χ3v) is 7.19. The molecule has 0 bridgehead atoms. The molecule has 2 heterocycles. The van der Waals surface area contributed by atoms with Crippen molar-refractivity contribution in [3.63, 3.8) is 0 Å². The minimum Gasteiger partial charge on any atom is -0.545 e. The number of benzene rings is 2. The molecule has 1 aliphatic heterocycles. The zero-order valence-electron chi connectivity index (χ0n) is 21.0. The molecule has 0 aliphatic carbocycles. The molecule has 1 aliphatic rings. The number of aromatic carboxylic acids is 1. The summed E-state index contributed by atoms with van der Waals surface area (Å²) in [6.07, 6.45) is 2.02. The Morgan fingerprint density at radius 1 is 1.11 bits per heavy atom. The molecule has 3 aromatic rings. The second-order valence-electron chi connectivity index (χ2n) is 9.51. The maximum atomic E-state index is 10.9. The van der Waals surface area contributed by atoms with Crippen LogP contribution in [0.3, 0.4) is 0 Å². The predicted octanol–water partition coefficient (Wildman–Crippen LogP) is 4.26. The molecule has 1 unspecified atom stereocenters. The van der Waals surface area contributed by atoms with E-state index >= 15 is 0 Å². The summed E-state index contributed by atoms with van der Waals surface area (Å²) in [4.78, 5) is 14.2. The largest absolute Gasteiger partial charge is 0.545 e. The number of quaternary nitrogens is 1. The first-order valence-electron chi connectivity index (χ1n) is 11.6. The lowest BCUT2D eigenvalue weighted by molar-refractivity contribution is -0.870. The summed E-state index contributed by atoms with van der Waals surface area (Å²) in [5.74, 6) is 0.230. The molecule has 1 aromatic heterocycles. The maximum Gasteiger partial charge on any atom is 0.141 e. The van der Waals surface area contributed by atoms with Crippen LogP contribution in [-0.2, 0) is 6.54 Å². The van der Waals surface area contributed by atoms with Crippen LogP contribution in [0.2, 0.25) is 0 Å². The first kappa shape index (κ1) is 27.7. The topological polar surface area (TPSA) is 76.7 Å². The number of thioether (sulfide) groups is 1. The van der Waals surface area contributed by atoms with Crippen molar-refractivity contribution in [2.75, 3.05) is 34.3 Å². The molecule has 0 radical (unpaired) electrons. The van der Waals surface area contributed by atoms with Crippen LogP contribution in [0.25, 0.3) is 17.4 Å². The third-order valence-electron chi connectivity index (χ3n) is 5.60. The van der Waals surface area contributed by atoms with Gasteiger partial charge in [0.05, 0.1) is 39.8 Å². The van der Waals surface area contributed by atoms with Crippen LogP contribution < -0.4 is 5.11 Å². The molecule has 1 atom stereocenters. The van der Waals surface area contributed by atoms with Crippen molar-refractivity contribution in [2.24, 2.45) is 0 Å². The van der Waals surface area contributed by atoms with Crippen LogP contribution in [0.15, 0.2) is 76.1 Å². The second kappa shape index (κ2) is 12.4. The summed E-state index contributed by atoms with van der Waals surface area (Å²) in [5, 5.41) is 19.3. The van der Waals surface area contributed by atoms with Gasteiger partial charge < -0.3 is 28.8 Å². The van der Waals surface area contributed by atoms with Crippen LogP contribution in [0, 0.1) is 0 Å². The Kier molecular flexibility index (Phi) is 9.50. The Balaban J connectivity index is 0.000000454. The molecule has 6 nitrogen and oxygen atoms in total. The monoisotopic (exact) mass is 524 g/mol. The second-order valence-corrected chi connectivity index (χ2v) is 11.2. The normalized spacial score (nSPS) is 16.7. The van der Waals surface area contributed by atoms with Crippen molar-refractivity contribution in [3.8, 4) is 11.3 Å². The maximum absolute atomic E-state index is 10.9. The molecule has 190 valence electrons. The molecule has 8 heteroatoms. The number of thiocarbonyl (C=S) groups is 1. The van der Waals surface area contributed by atoms with Gasteiger partial charge in [-0.1, -0.05) is 78.6 Å². The zero-order valence-corrected chi connectivity index (χ0v) is 22.6. The number of aliphatic hydroxyl groups is 1. The summed E-state index contributed by atoms with van der Waals surface area (Å²) in [6.45, 7) is 4.03. The molecule has 0 saturated carbocycles. The minimum absolute atomic E-state index is 0.144. The summed E-state index contributed by atoms with van der Waals surface area (Å²) in [7, 11) is 6.16. The van der Waals surface area contributed by atoms with E-state index in [-0.39, 0.29) is 18.2 Å². The van der Waals surface area contributed by atoms with Gasteiger partial charge in [0.25, 0.3) is 0 Å². The van der Waals surface area contributed by atoms with Crippen molar-refractivity contribution in [1.29, 1.82) is 0 Å². The van der Waals surface area contributed by atoms with E-state index in [1.54, 1.807) is 23.9 Å². The van der Waals surface area contributed by atoms with Gasteiger partial charge in [-0.25, -0.2) is 0 Å². The van der Waals surface area contributed by atoms with Crippen molar-refractivity contribution < 1.29 is 23.9 Å². The fourth-order valence-electron chi connectivity index (χ4n) is 3.48. The zero-order chi connectivity index (χ0) is 26.3. The Labute approximate surface area is 222 Å². The molecule has 0 amide bonds. The molecule has 1 fully saturated rings. The number of carbonyl (C=O) groups is 1. The van der Waals surface area contributed by atoms with Gasteiger partial charge in [-0.15, -0.1) is 0 Å². The Hall–Kier alpha value is -2.91. The van der Waals surface area contributed by atoms with E-state index in [4.69, 9.17) is 21.7 Å². The van der Waals surface area contributed by atoms with Gasteiger partial charge in [-0.05, 0) is 36.3 Å². The molecule has 1 N–H and O–H groups in total. The molecule has 36 heavy (non-hydrogen) atoms. The Bertz CT molecular complexity index is 1200. The van der Waals surface area contributed by atoms with Crippen LogP contribution in [0.1, 0.15) is 28.6 Å². The number of aliphatic hydroxyl groups excluding tert-OH is 1. The lowest BCUT2D eigenvalue weighted by Gasteiger charge is -2.22. The van der Waals surface area contributed by atoms with Gasteiger partial charge in [0, 0.05) is 17.0 Å². The van der Waals surface area contributed by atoms with E-state index in [1.807, 2.05) is 36.4 Å².